The van der Waals surface area contributed by atoms with Crippen LogP contribution in [-0.2, 0) is 20.7 Å². The van der Waals surface area contributed by atoms with E-state index in [1.807, 2.05) is 6.07 Å². The van der Waals surface area contributed by atoms with Crippen molar-refractivity contribution in [2.75, 3.05) is 19.0 Å². The molecule has 1 aliphatic rings. The van der Waals surface area contributed by atoms with Crippen molar-refractivity contribution < 1.29 is 19.1 Å². The fourth-order valence-electron chi connectivity index (χ4n) is 1.85. The maximum absolute atomic E-state index is 11.2. The fourth-order valence-corrected chi connectivity index (χ4v) is 1.85. The summed E-state index contributed by atoms with van der Waals surface area (Å²) in [5, 5.41) is 2.79. The van der Waals surface area contributed by atoms with Crippen LogP contribution in [0, 0.1) is 0 Å². The molecule has 0 spiro atoms. The number of benzene rings is 1. The number of nitrogens with one attached hydrogen (secondary N) is 1. The third-order valence-corrected chi connectivity index (χ3v) is 2.91. The second-order valence-electron chi connectivity index (χ2n) is 4.31. The van der Waals surface area contributed by atoms with Crippen molar-refractivity contribution in [2.24, 2.45) is 5.73 Å². The molecule has 6 nitrogen and oxygen atoms in total. The van der Waals surface area contributed by atoms with E-state index in [0.29, 0.717) is 18.6 Å². The molecule has 1 heterocycles. The molecular weight excluding hydrogens is 248 g/mol. The lowest BCUT2D eigenvalue weighted by molar-refractivity contribution is -0.142. The van der Waals surface area contributed by atoms with E-state index in [9.17, 15) is 9.59 Å². The number of fused-ring (bicyclic) bond motifs is 1. The Balaban J connectivity index is 1.99. The molecule has 0 radical (unpaired) electrons. The molecule has 0 saturated heterocycles. The zero-order chi connectivity index (χ0) is 13.8. The van der Waals surface area contributed by atoms with Crippen molar-refractivity contribution >= 4 is 17.6 Å². The minimum Gasteiger partial charge on any atom is -0.491 e. The normalized spacial score (nSPS) is 15.2. The maximum atomic E-state index is 11.2. The Morgan fingerprint density at radius 1 is 1.47 bits per heavy atom. The molecule has 1 unspecified atom stereocenters. The molecule has 0 saturated carbocycles. The maximum Gasteiger partial charge on any atom is 0.326 e. The number of nitrogens with two attached hydrogens (primary N) is 1. The Morgan fingerprint density at radius 3 is 3.00 bits per heavy atom. The smallest absolute Gasteiger partial charge is 0.326 e. The first-order valence-electron chi connectivity index (χ1n) is 5.99. The van der Waals surface area contributed by atoms with Gasteiger partial charge in [-0.25, -0.2) is 0 Å². The Kier molecular flexibility index (Phi) is 4.01. The van der Waals surface area contributed by atoms with Crippen LogP contribution in [0.4, 0.5) is 5.69 Å². The van der Waals surface area contributed by atoms with Crippen molar-refractivity contribution in [2.45, 2.75) is 18.9 Å². The van der Waals surface area contributed by atoms with Crippen LogP contribution in [-0.4, -0.2) is 31.6 Å². The van der Waals surface area contributed by atoms with E-state index >= 15 is 0 Å². The Bertz CT molecular complexity index is 501. The first kappa shape index (κ1) is 13.4. The van der Waals surface area contributed by atoms with Crippen LogP contribution in [0.3, 0.4) is 0 Å². The summed E-state index contributed by atoms with van der Waals surface area (Å²) in [6.45, 7) is 0.0534. The summed E-state index contributed by atoms with van der Waals surface area (Å²) in [5.41, 5.74) is 7.40. The summed E-state index contributed by atoms with van der Waals surface area (Å²) in [6, 6.07) is 4.55. The largest absolute Gasteiger partial charge is 0.491 e. The van der Waals surface area contributed by atoms with Gasteiger partial charge in [-0.15, -0.1) is 0 Å². The van der Waals surface area contributed by atoms with Crippen LogP contribution in [0.5, 0.6) is 5.75 Å². The number of esters is 1. The number of hydrogen-bond acceptors (Lipinski definition) is 5. The highest BCUT2D eigenvalue weighted by Gasteiger charge is 2.17. The van der Waals surface area contributed by atoms with E-state index in [4.69, 9.17) is 10.5 Å². The summed E-state index contributed by atoms with van der Waals surface area (Å²) < 4.78 is 9.96. The van der Waals surface area contributed by atoms with Gasteiger partial charge in [0, 0.05) is 12.1 Å². The number of rotatable bonds is 4. The monoisotopic (exact) mass is 264 g/mol. The topological polar surface area (TPSA) is 90.7 Å². The summed E-state index contributed by atoms with van der Waals surface area (Å²) in [5.74, 6) is 0.133. The van der Waals surface area contributed by atoms with E-state index in [1.54, 1.807) is 12.1 Å². The molecule has 1 aliphatic heterocycles. The van der Waals surface area contributed by atoms with Gasteiger partial charge in [0.15, 0.2) is 0 Å². The van der Waals surface area contributed by atoms with Crippen LogP contribution in [0.2, 0.25) is 0 Å². The van der Waals surface area contributed by atoms with Crippen molar-refractivity contribution in [3.8, 4) is 5.75 Å². The van der Waals surface area contributed by atoms with Crippen molar-refractivity contribution in [1.82, 2.24) is 0 Å². The molecule has 19 heavy (non-hydrogen) atoms. The van der Waals surface area contributed by atoms with Gasteiger partial charge in [0.25, 0.3) is 0 Å². The standard InChI is InChI=1S/C13H16N2O4/c1-18-13(17)10(14)7-19-9-3-4-11-8(6-9)2-5-12(16)15-11/h3-4,6,10H,2,5,7,14H2,1H3,(H,15,16). The van der Waals surface area contributed by atoms with E-state index in [-0.39, 0.29) is 12.5 Å². The molecule has 0 fully saturated rings. The number of carbonyl (C=O) groups is 2. The summed E-state index contributed by atoms with van der Waals surface area (Å²) in [6.07, 6.45) is 1.15. The van der Waals surface area contributed by atoms with Crippen molar-refractivity contribution in [3.63, 3.8) is 0 Å². The molecule has 1 atom stereocenters. The van der Waals surface area contributed by atoms with E-state index in [2.05, 4.69) is 10.1 Å². The first-order chi connectivity index (χ1) is 9.10. The third-order valence-electron chi connectivity index (χ3n) is 2.91. The summed E-state index contributed by atoms with van der Waals surface area (Å²) >= 11 is 0. The summed E-state index contributed by atoms with van der Waals surface area (Å²) in [4.78, 5) is 22.4. The zero-order valence-electron chi connectivity index (χ0n) is 10.6. The number of hydrogen-bond donors (Lipinski definition) is 2. The summed E-state index contributed by atoms with van der Waals surface area (Å²) in [7, 11) is 1.28. The molecule has 1 aromatic carbocycles. The lowest BCUT2D eigenvalue weighted by atomic mass is 10.0. The van der Waals surface area contributed by atoms with Gasteiger partial charge in [-0.2, -0.15) is 0 Å². The molecular formula is C13H16N2O4. The Labute approximate surface area is 110 Å². The van der Waals surface area contributed by atoms with Crippen LogP contribution in [0.15, 0.2) is 18.2 Å². The number of amides is 1. The average Bonchev–Trinajstić information content (AvgIpc) is 2.43. The van der Waals surface area contributed by atoms with Gasteiger partial charge in [0.2, 0.25) is 5.91 Å². The predicted molar refractivity (Wildman–Crippen MR) is 68.9 cm³/mol. The number of anilines is 1. The molecule has 0 bridgehead atoms. The quantitative estimate of drug-likeness (QED) is 0.770. The zero-order valence-corrected chi connectivity index (χ0v) is 10.6. The highest BCUT2D eigenvalue weighted by molar-refractivity contribution is 5.94. The first-order valence-corrected chi connectivity index (χ1v) is 5.99. The fraction of sp³-hybridized carbons (Fsp3) is 0.385. The third kappa shape index (κ3) is 3.23. The minimum absolute atomic E-state index is 0.0221. The number of methoxy groups -OCH3 is 1. The molecule has 0 aromatic heterocycles. The van der Waals surface area contributed by atoms with Gasteiger partial charge in [-0.3, -0.25) is 9.59 Å². The van der Waals surface area contributed by atoms with E-state index in [0.717, 1.165) is 11.3 Å². The van der Waals surface area contributed by atoms with Crippen LogP contribution in [0.1, 0.15) is 12.0 Å². The second kappa shape index (κ2) is 5.71. The molecule has 6 heteroatoms. The highest BCUT2D eigenvalue weighted by Crippen LogP contribution is 2.26. The van der Waals surface area contributed by atoms with Gasteiger partial charge >= 0.3 is 5.97 Å². The van der Waals surface area contributed by atoms with Gasteiger partial charge in [0.05, 0.1) is 7.11 Å². The van der Waals surface area contributed by atoms with Crippen LogP contribution >= 0.6 is 0 Å². The Hall–Kier alpha value is -2.08. The molecule has 3 N–H and O–H groups in total. The van der Waals surface area contributed by atoms with Crippen LogP contribution < -0.4 is 15.8 Å². The molecule has 1 amide bonds. The van der Waals surface area contributed by atoms with Crippen molar-refractivity contribution in [3.05, 3.63) is 23.8 Å². The lowest BCUT2D eigenvalue weighted by Crippen LogP contribution is -2.37. The average molecular weight is 264 g/mol. The SMILES string of the molecule is COC(=O)C(N)COc1ccc2c(c1)CCC(=O)N2. The Morgan fingerprint density at radius 2 is 2.26 bits per heavy atom. The molecule has 0 aliphatic carbocycles. The van der Waals surface area contributed by atoms with Crippen LogP contribution in [0.25, 0.3) is 0 Å². The minimum atomic E-state index is -0.805. The second-order valence-corrected chi connectivity index (χ2v) is 4.31. The van der Waals surface area contributed by atoms with Crippen molar-refractivity contribution in [1.29, 1.82) is 0 Å². The lowest BCUT2D eigenvalue weighted by Gasteiger charge is -2.18. The highest BCUT2D eigenvalue weighted by atomic mass is 16.5. The van der Waals surface area contributed by atoms with Gasteiger partial charge in [0.1, 0.15) is 18.4 Å². The van der Waals surface area contributed by atoms with E-state index in [1.165, 1.54) is 7.11 Å². The molecule has 1 aromatic rings. The van der Waals surface area contributed by atoms with E-state index < -0.39 is 12.0 Å². The number of ether oxygens (including phenoxy) is 2. The van der Waals surface area contributed by atoms with Gasteiger partial charge < -0.3 is 20.5 Å². The molecule has 2 rings (SSSR count). The van der Waals surface area contributed by atoms with Gasteiger partial charge in [-0.1, -0.05) is 0 Å². The number of aryl methyl sites for hydroxylation is 1. The number of carbonyl (C=O) groups excluding carboxylic acids is 2. The van der Waals surface area contributed by atoms with Gasteiger partial charge in [-0.05, 0) is 30.2 Å². The predicted octanol–water partition coefficient (Wildman–Crippen LogP) is 0.450. The molecule has 102 valence electrons.